The monoisotopic (exact) mass is 213 g/mol. The highest BCUT2D eigenvalue weighted by molar-refractivity contribution is 5.03. The molecule has 1 aromatic rings. The van der Waals surface area contributed by atoms with E-state index in [4.69, 9.17) is 9.26 Å². The second kappa shape index (κ2) is 3.90. The molecule has 1 N–H and O–H groups in total. The Balaban J connectivity index is 3.00. The van der Waals surface area contributed by atoms with Crippen molar-refractivity contribution in [3.05, 3.63) is 11.7 Å². The third kappa shape index (κ3) is 2.35. The normalized spacial score (nSPS) is 13.2. The summed E-state index contributed by atoms with van der Waals surface area (Å²) in [4.78, 5) is 4.33. The van der Waals surface area contributed by atoms with Crippen LogP contribution in [0.1, 0.15) is 39.4 Å². The predicted molar refractivity (Wildman–Crippen MR) is 56.4 cm³/mol. The van der Waals surface area contributed by atoms with Crippen LogP contribution in [0, 0.1) is 0 Å². The minimum Gasteiger partial charge on any atom is -0.371 e. The van der Waals surface area contributed by atoms with Gasteiger partial charge in [-0.25, -0.2) is 0 Å². The highest BCUT2D eigenvalue weighted by Crippen LogP contribution is 2.24. The zero-order valence-corrected chi connectivity index (χ0v) is 10.2. The molecule has 0 aliphatic carbocycles. The number of methoxy groups -OCH3 is 1. The molecule has 0 amide bonds. The highest BCUT2D eigenvalue weighted by Gasteiger charge is 2.31. The zero-order valence-electron chi connectivity index (χ0n) is 10.2. The molecule has 0 aliphatic rings. The molecule has 0 atom stereocenters. The standard InChI is InChI=1S/C10H19N3O2/c1-9(2,11-5)8-12-7(13-15-8)10(3,4)14-6/h11H,1-6H3. The highest BCUT2D eigenvalue weighted by atomic mass is 16.5. The largest absolute Gasteiger partial charge is 0.371 e. The van der Waals surface area contributed by atoms with Gasteiger partial charge < -0.3 is 14.6 Å². The first-order chi connectivity index (χ1) is 6.83. The molecule has 5 nitrogen and oxygen atoms in total. The van der Waals surface area contributed by atoms with Gasteiger partial charge in [-0.3, -0.25) is 0 Å². The lowest BCUT2D eigenvalue weighted by atomic mass is 10.1. The molecule has 1 rings (SSSR count). The Kier molecular flexibility index (Phi) is 3.16. The van der Waals surface area contributed by atoms with E-state index in [2.05, 4.69) is 15.5 Å². The lowest BCUT2D eigenvalue weighted by molar-refractivity contribution is 0.00973. The minimum atomic E-state index is -0.522. The average molecular weight is 213 g/mol. The molecule has 15 heavy (non-hydrogen) atoms. The van der Waals surface area contributed by atoms with Gasteiger partial charge in [0, 0.05) is 7.11 Å². The molecular weight excluding hydrogens is 194 g/mol. The fourth-order valence-corrected chi connectivity index (χ4v) is 0.920. The van der Waals surface area contributed by atoms with Gasteiger partial charge in [-0.2, -0.15) is 4.98 Å². The Labute approximate surface area is 90.2 Å². The molecule has 0 radical (unpaired) electrons. The molecule has 0 bridgehead atoms. The fourth-order valence-electron chi connectivity index (χ4n) is 0.920. The van der Waals surface area contributed by atoms with Crippen molar-refractivity contribution in [2.75, 3.05) is 14.2 Å². The van der Waals surface area contributed by atoms with E-state index < -0.39 is 5.60 Å². The van der Waals surface area contributed by atoms with Gasteiger partial charge in [-0.05, 0) is 34.7 Å². The smallest absolute Gasteiger partial charge is 0.246 e. The first kappa shape index (κ1) is 12.1. The third-order valence-electron chi connectivity index (χ3n) is 2.63. The van der Waals surface area contributed by atoms with E-state index in [9.17, 15) is 0 Å². The number of hydrogen-bond acceptors (Lipinski definition) is 5. The lowest BCUT2D eigenvalue weighted by Crippen LogP contribution is -2.33. The topological polar surface area (TPSA) is 60.2 Å². The Morgan fingerprint density at radius 2 is 1.87 bits per heavy atom. The number of ether oxygens (including phenoxy) is 1. The second-order valence-corrected chi connectivity index (χ2v) is 4.51. The summed E-state index contributed by atoms with van der Waals surface area (Å²) in [6, 6.07) is 0. The van der Waals surface area contributed by atoms with Gasteiger partial charge in [-0.1, -0.05) is 5.16 Å². The van der Waals surface area contributed by atoms with Crippen LogP contribution < -0.4 is 5.32 Å². The molecule has 0 unspecified atom stereocenters. The molecule has 0 saturated heterocycles. The van der Waals surface area contributed by atoms with E-state index in [1.807, 2.05) is 34.7 Å². The van der Waals surface area contributed by atoms with Crippen LogP contribution in [0.3, 0.4) is 0 Å². The maximum absolute atomic E-state index is 5.28. The van der Waals surface area contributed by atoms with Gasteiger partial charge >= 0.3 is 0 Å². The number of nitrogens with one attached hydrogen (secondary N) is 1. The van der Waals surface area contributed by atoms with Gasteiger partial charge in [0.2, 0.25) is 11.7 Å². The fraction of sp³-hybridized carbons (Fsp3) is 0.800. The first-order valence-electron chi connectivity index (χ1n) is 4.92. The van der Waals surface area contributed by atoms with Crippen LogP contribution >= 0.6 is 0 Å². The average Bonchev–Trinajstić information content (AvgIpc) is 2.67. The predicted octanol–water partition coefficient (Wildman–Crippen LogP) is 1.41. The third-order valence-corrected chi connectivity index (χ3v) is 2.63. The Bertz CT molecular complexity index is 301. The van der Waals surface area contributed by atoms with E-state index >= 15 is 0 Å². The SMILES string of the molecule is CNC(C)(C)c1nc(C(C)(C)OC)no1. The van der Waals surface area contributed by atoms with Crippen molar-refractivity contribution in [3.63, 3.8) is 0 Å². The van der Waals surface area contributed by atoms with Crippen molar-refractivity contribution in [3.8, 4) is 0 Å². The molecule has 0 spiro atoms. The van der Waals surface area contributed by atoms with Gasteiger partial charge in [0.1, 0.15) is 5.60 Å². The molecule has 1 heterocycles. The van der Waals surface area contributed by atoms with Crippen LogP contribution in [0.25, 0.3) is 0 Å². The van der Waals surface area contributed by atoms with Crippen molar-refractivity contribution in [1.82, 2.24) is 15.5 Å². The molecule has 0 aromatic carbocycles. The second-order valence-electron chi connectivity index (χ2n) is 4.51. The van der Waals surface area contributed by atoms with Crippen molar-refractivity contribution in [2.24, 2.45) is 0 Å². The maximum atomic E-state index is 5.28. The van der Waals surface area contributed by atoms with E-state index in [1.165, 1.54) is 0 Å². The quantitative estimate of drug-likeness (QED) is 0.819. The summed E-state index contributed by atoms with van der Waals surface area (Å²) in [5.41, 5.74) is -0.847. The van der Waals surface area contributed by atoms with Gasteiger partial charge in [0.15, 0.2) is 0 Å². The summed E-state index contributed by atoms with van der Waals surface area (Å²) < 4.78 is 10.5. The molecule has 1 aromatic heterocycles. The van der Waals surface area contributed by atoms with Gasteiger partial charge in [0.05, 0.1) is 5.54 Å². The number of rotatable bonds is 4. The van der Waals surface area contributed by atoms with Crippen LogP contribution in [0.4, 0.5) is 0 Å². The maximum Gasteiger partial charge on any atom is 0.246 e. The van der Waals surface area contributed by atoms with Crippen LogP contribution in [0.15, 0.2) is 4.52 Å². The number of nitrogens with zero attached hydrogens (tertiary/aromatic N) is 2. The lowest BCUT2D eigenvalue weighted by Gasteiger charge is -2.19. The van der Waals surface area contributed by atoms with Crippen molar-refractivity contribution in [2.45, 2.75) is 38.8 Å². The van der Waals surface area contributed by atoms with Gasteiger partial charge in [-0.15, -0.1) is 0 Å². The van der Waals surface area contributed by atoms with Crippen molar-refractivity contribution in [1.29, 1.82) is 0 Å². The molecule has 86 valence electrons. The van der Waals surface area contributed by atoms with E-state index in [0.717, 1.165) is 0 Å². The summed E-state index contributed by atoms with van der Waals surface area (Å²) >= 11 is 0. The number of aromatic nitrogens is 2. The summed E-state index contributed by atoms with van der Waals surface area (Å²) in [7, 11) is 3.48. The molecular formula is C10H19N3O2. The van der Waals surface area contributed by atoms with E-state index in [0.29, 0.717) is 11.7 Å². The Morgan fingerprint density at radius 3 is 2.33 bits per heavy atom. The molecule has 5 heteroatoms. The Hall–Kier alpha value is -0.940. The van der Waals surface area contributed by atoms with Crippen molar-refractivity contribution < 1.29 is 9.26 Å². The van der Waals surface area contributed by atoms with E-state index in [-0.39, 0.29) is 5.54 Å². The van der Waals surface area contributed by atoms with Gasteiger partial charge in [0.25, 0.3) is 0 Å². The zero-order chi connectivity index (χ0) is 11.7. The minimum absolute atomic E-state index is 0.324. The van der Waals surface area contributed by atoms with Crippen LogP contribution in [0.5, 0.6) is 0 Å². The van der Waals surface area contributed by atoms with Crippen LogP contribution in [0.2, 0.25) is 0 Å². The first-order valence-corrected chi connectivity index (χ1v) is 4.92. The molecule has 0 aliphatic heterocycles. The number of hydrogen-bond donors (Lipinski definition) is 1. The summed E-state index contributed by atoms with van der Waals surface area (Å²) in [6.07, 6.45) is 0. The van der Waals surface area contributed by atoms with Crippen molar-refractivity contribution >= 4 is 0 Å². The molecule has 0 fully saturated rings. The molecule has 0 saturated carbocycles. The summed E-state index contributed by atoms with van der Waals surface area (Å²) in [6.45, 7) is 7.75. The summed E-state index contributed by atoms with van der Waals surface area (Å²) in [5, 5.41) is 7.03. The van der Waals surface area contributed by atoms with Crippen LogP contribution in [-0.2, 0) is 15.9 Å². The Morgan fingerprint density at radius 1 is 1.27 bits per heavy atom. The van der Waals surface area contributed by atoms with E-state index in [1.54, 1.807) is 7.11 Å². The van der Waals surface area contributed by atoms with Crippen LogP contribution in [-0.4, -0.2) is 24.3 Å². The summed E-state index contributed by atoms with van der Waals surface area (Å²) in [5.74, 6) is 1.12.